The Labute approximate surface area is 428 Å². The van der Waals surface area contributed by atoms with E-state index >= 15 is 0 Å². The lowest BCUT2D eigenvalue weighted by atomic mass is 9.99. The second-order valence-corrected chi connectivity index (χ2v) is 21.4. The number of carbonyl (C=O) groups is 10. The van der Waals surface area contributed by atoms with Crippen LogP contribution in [0.4, 0.5) is 0 Å². The lowest BCUT2D eigenvalue weighted by molar-refractivity contribution is -0.155. The van der Waals surface area contributed by atoms with Crippen LogP contribution in [0.15, 0.2) is 0 Å². The number of amides is 7. The van der Waals surface area contributed by atoms with Gasteiger partial charge in [-0.25, -0.2) is 4.79 Å². The van der Waals surface area contributed by atoms with E-state index in [4.69, 9.17) is 4.74 Å². The second-order valence-electron chi connectivity index (χ2n) is 21.4. The van der Waals surface area contributed by atoms with Crippen molar-refractivity contribution < 1.29 is 62.9 Å². The molecule has 0 aromatic carbocycles. The lowest BCUT2D eigenvalue weighted by Crippen LogP contribution is -2.60. The average Bonchev–Trinajstić information content (AvgIpc) is 3.27. The summed E-state index contributed by atoms with van der Waals surface area (Å²) in [5.74, 6) is -9.92. The summed E-state index contributed by atoms with van der Waals surface area (Å²) in [6.45, 7) is 19.8. The highest BCUT2D eigenvalue weighted by molar-refractivity contribution is 5.98. The van der Waals surface area contributed by atoms with Gasteiger partial charge in [0.05, 0.1) is 12.8 Å². The number of carboxylic acids is 2. The van der Waals surface area contributed by atoms with Gasteiger partial charge in [0.15, 0.2) is 0 Å². The van der Waals surface area contributed by atoms with Gasteiger partial charge in [0.1, 0.15) is 48.4 Å². The van der Waals surface area contributed by atoms with E-state index in [-0.39, 0.29) is 49.9 Å². The van der Waals surface area contributed by atoms with Crippen molar-refractivity contribution in [2.75, 3.05) is 0 Å². The monoisotopic (exact) mass is 1020 g/mol. The maximum Gasteiger partial charge on any atom is 0.328 e. The molecule has 1 aliphatic rings. The minimum atomic E-state index is -1.71. The maximum absolute atomic E-state index is 14.2. The van der Waals surface area contributed by atoms with E-state index in [0.717, 1.165) is 38.0 Å². The molecule has 0 aromatic rings. The van der Waals surface area contributed by atoms with Crippen molar-refractivity contribution >= 4 is 59.3 Å². The zero-order chi connectivity index (χ0) is 54.7. The topological polar surface area (TPSA) is 305 Å². The van der Waals surface area contributed by atoms with Gasteiger partial charge in [-0.3, -0.25) is 43.2 Å². The van der Waals surface area contributed by atoms with Gasteiger partial charge in [-0.15, -0.1) is 0 Å². The Morgan fingerprint density at radius 1 is 0.528 bits per heavy atom. The van der Waals surface area contributed by atoms with E-state index in [9.17, 15) is 58.2 Å². The summed E-state index contributed by atoms with van der Waals surface area (Å²) in [5.41, 5.74) is 0. The number of hydrogen-bond acceptors (Lipinski definition) is 11. The summed E-state index contributed by atoms with van der Waals surface area (Å²) in [5, 5.41) is 37.3. The summed E-state index contributed by atoms with van der Waals surface area (Å²) in [6.07, 6.45) is 7.44. The molecular weight excluding hydrogens is 931 g/mol. The molecule has 72 heavy (non-hydrogen) atoms. The Kier molecular flexibility index (Phi) is 30.7. The van der Waals surface area contributed by atoms with Crippen LogP contribution in [0.5, 0.6) is 0 Å². The van der Waals surface area contributed by atoms with E-state index in [1.54, 1.807) is 41.5 Å². The first-order valence-electron chi connectivity index (χ1n) is 26.5. The summed E-state index contributed by atoms with van der Waals surface area (Å²) >= 11 is 0. The largest absolute Gasteiger partial charge is 0.481 e. The number of cyclic esters (lactones) is 1. The molecule has 412 valence electrons. The first kappa shape index (κ1) is 64.7. The molecule has 9 N–H and O–H groups in total. The molecule has 0 aliphatic carbocycles. The Morgan fingerprint density at radius 3 is 1.50 bits per heavy atom. The molecule has 1 aliphatic heterocycles. The van der Waals surface area contributed by atoms with Gasteiger partial charge in [-0.1, -0.05) is 127 Å². The molecule has 0 spiro atoms. The van der Waals surface area contributed by atoms with Gasteiger partial charge < -0.3 is 52.2 Å². The smallest absolute Gasteiger partial charge is 0.328 e. The molecule has 0 saturated carbocycles. The lowest BCUT2D eigenvalue weighted by Gasteiger charge is -2.28. The fourth-order valence-corrected chi connectivity index (χ4v) is 8.32. The molecule has 0 radical (unpaired) electrons. The molecule has 7 amide bonds. The zero-order valence-corrected chi connectivity index (χ0v) is 45.1. The van der Waals surface area contributed by atoms with Gasteiger partial charge in [-0.2, -0.15) is 0 Å². The van der Waals surface area contributed by atoms with Gasteiger partial charge in [0, 0.05) is 6.42 Å². The minimum absolute atomic E-state index is 0.0410. The number of nitrogens with one attached hydrogen (secondary N) is 7. The van der Waals surface area contributed by atoms with Gasteiger partial charge in [0.25, 0.3) is 0 Å². The summed E-state index contributed by atoms with van der Waals surface area (Å²) in [7, 11) is 0. The number of carboxylic acid groups (broad SMARTS) is 2. The Balaban J connectivity index is 3.79. The highest BCUT2D eigenvalue weighted by atomic mass is 16.5. The predicted octanol–water partition coefficient (Wildman–Crippen LogP) is 4.80. The van der Waals surface area contributed by atoms with Crippen LogP contribution in [-0.4, -0.2) is 118 Å². The normalized spacial score (nSPS) is 24.5. The van der Waals surface area contributed by atoms with Crippen molar-refractivity contribution in [1.29, 1.82) is 0 Å². The molecule has 0 bridgehead atoms. The number of rotatable bonds is 24. The molecule has 9 atom stereocenters. The molecule has 1 heterocycles. The third-order valence-corrected chi connectivity index (χ3v) is 12.7. The Bertz CT molecular complexity index is 1770. The minimum Gasteiger partial charge on any atom is -0.481 e. The van der Waals surface area contributed by atoms with E-state index in [2.05, 4.69) is 51.1 Å². The molecule has 20 heteroatoms. The Hall–Kier alpha value is -5.30. The van der Waals surface area contributed by atoms with E-state index in [1.165, 1.54) is 32.6 Å². The summed E-state index contributed by atoms with van der Waals surface area (Å²) in [4.78, 5) is 135. The summed E-state index contributed by atoms with van der Waals surface area (Å²) in [6, 6.07) is -9.65. The van der Waals surface area contributed by atoms with Gasteiger partial charge in [-0.05, 0) is 75.0 Å². The van der Waals surface area contributed by atoms with Crippen molar-refractivity contribution in [3.05, 3.63) is 0 Å². The second kappa shape index (κ2) is 34.2. The number of esters is 1. The van der Waals surface area contributed by atoms with Crippen LogP contribution in [-0.2, 0) is 52.7 Å². The third kappa shape index (κ3) is 26.9. The molecule has 1 saturated heterocycles. The fourth-order valence-electron chi connectivity index (χ4n) is 8.32. The van der Waals surface area contributed by atoms with Crippen LogP contribution in [0.2, 0.25) is 0 Å². The summed E-state index contributed by atoms with van der Waals surface area (Å²) < 4.78 is 6.03. The van der Waals surface area contributed by atoms with E-state index in [1.807, 2.05) is 13.8 Å². The van der Waals surface area contributed by atoms with Crippen molar-refractivity contribution in [1.82, 2.24) is 37.2 Å². The number of carbonyl (C=O) groups excluding carboxylic acids is 8. The number of hydrogen-bond donors (Lipinski definition) is 9. The van der Waals surface area contributed by atoms with Crippen LogP contribution < -0.4 is 37.2 Å². The van der Waals surface area contributed by atoms with E-state index < -0.39 is 133 Å². The number of aliphatic carboxylic acids is 2. The van der Waals surface area contributed by atoms with E-state index in [0.29, 0.717) is 6.42 Å². The quantitative estimate of drug-likeness (QED) is 0.0465. The number of ether oxygens (including phenoxy) is 1. The first-order valence-corrected chi connectivity index (χ1v) is 26.5. The van der Waals surface area contributed by atoms with Crippen LogP contribution in [0.25, 0.3) is 0 Å². The van der Waals surface area contributed by atoms with Crippen molar-refractivity contribution in [2.24, 2.45) is 29.6 Å². The molecule has 20 nitrogen and oxygen atoms in total. The zero-order valence-electron chi connectivity index (χ0n) is 45.1. The molecule has 1 unspecified atom stereocenters. The van der Waals surface area contributed by atoms with Crippen molar-refractivity contribution in [3.8, 4) is 0 Å². The fraction of sp³-hybridized carbons (Fsp3) is 0.808. The predicted molar refractivity (Wildman–Crippen MR) is 272 cm³/mol. The van der Waals surface area contributed by atoms with Crippen molar-refractivity contribution in [3.63, 3.8) is 0 Å². The molecular formula is C52H91N7O13. The maximum atomic E-state index is 14.2. The van der Waals surface area contributed by atoms with Gasteiger partial charge >= 0.3 is 17.9 Å². The highest BCUT2D eigenvalue weighted by Gasteiger charge is 2.36. The molecule has 1 fully saturated rings. The average molecular weight is 1020 g/mol. The van der Waals surface area contributed by atoms with Crippen molar-refractivity contribution in [2.45, 2.75) is 240 Å². The van der Waals surface area contributed by atoms with Crippen LogP contribution in [0.3, 0.4) is 0 Å². The van der Waals surface area contributed by atoms with Crippen LogP contribution >= 0.6 is 0 Å². The highest BCUT2D eigenvalue weighted by Crippen LogP contribution is 2.19. The number of unbranched alkanes of at least 4 members (excludes halogenated alkanes) is 7. The van der Waals surface area contributed by atoms with Crippen LogP contribution in [0.1, 0.15) is 192 Å². The standard InChI is InChI=1S/C52H91N7O13/c1-12-34(10)21-19-17-15-13-14-16-18-20-22-36-28-42(60)54-37(23-24-43(61)62)47(66)59-45(33(8)9)51(70)57-38(25-30(2)3)48(67)53-35(11)46(65)55-40(29-44(63)64)50(69)56-39(26-31(4)5)49(68)58-41(27-32(6)7)52(71)72-36/h30-41,45H,12-29H2,1-11H3,(H,53,67)(H,54,60)(H,55,65)(H,56,69)(H,57,70)(H,58,68)(H,59,66)(H,61,62)(H,63,64)/t34?,35-,36+,37-,38-,39-,40+,41+,45+/m0/s1. The molecule has 0 aromatic heterocycles. The van der Waals surface area contributed by atoms with Crippen LogP contribution in [0, 0.1) is 29.6 Å². The Morgan fingerprint density at radius 2 is 0.986 bits per heavy atom. The SMILES string of the molecule is CCC(C)CCCCCCCCCC[C@@H]1CC(=O)N[C@@H](CCC(=O)O)C(=O)N[C@H](C(C)C)C(=O)N[C@@H](CC(C)C)C(=O)N[C@@H](C)C(=O)N[C@H](CC(=O)O)C(=O)N[C@@H](CC(C)C)C(=O)N[C@H](CC(C)C)C(=O)O1. The van der Waals surface area contributed by atoms with Gasteiger partial charge in [0.2, 0.25) is 41.4 Å². The molecule has 1 rings (SSSR count). The first-order chi connectivity index (χ1) is 33.7. The third-order valence-electron chi connectivity index (χ3n) is 12.7.